The first-order valence-electron chi connectivity index (χ1n) is 6.19. The molecule has 0 aromatic heterocycles. The number of rotatable bonds is 0. The number of hydrogen-bond acceptors (Lipinski definition) is 9. The molecule has 1 aliphatic rings. The Balaban J connectivity index is -0.000000113. The van der Waals surface area contributed by atoms with Crippen LogP contribution in [0, 0.1) is 0 Å². The quantitative estimate of drug-likeness (QED) is 0.114. The molecule has 0 aliphatic heterocycles. The van der Waals surface area contributed by atoms with Crippen LogP contribution in [0.5, 0.6) is 0 Å². The Morgan fingerprint density at radius 2 is 0.708 bits per heavy atom. The Labute approximate surface area is 161 Å². The zero-order valence-corrected chi connectivity index (χ0v) is 18.6. The maximum Gasteiger partial charge on any atom is 0.287 e. The van der Waals surface area contributed by atoms with Gasteiger partial charge in [-0.05, 0) is 53.4 Å². The van der Waals surface area contributed by atoms with Crippen LogP contribution in [-0.4, -0.2) is 63.1 Å². The fourth-order valence-electron chi connectivity index (χ4n) is 0.874. The smallest absolute Gasteiger partial charge is 0.287 e. The Morgan fingerprint density at radius 1 is 0.542 bits per heavy atom. The molecule has 3 unspecified atom stereocenters. The predicted molar refractivity (Wildman–Crippen MR) is 94.0 cm³/mol. The SMILES string of the molecule is C1=CCCCCC=C1.OC(O)(O)P.OC(O)(O)P.OC(O)(O)P.[Ir]. The molecule has 0 aromatic carbocycles. The van der Waals surface area contributed by atoms with E-state index in [-0.39, 0.29) is 20.1 Å². The normalized spacial score (nSPS) is 14.2. The van der Waals surface area contributed by atoms with Crippen molar-refractivity contribution >= 4 is 27.7 Å². The first kappa shape index (κ1) is 32.7. The van der Waals surface area contributed by atoms with Crippen molar-refractivity contribution in [3.8, 4) is 0 Å². The maximum absolute atomic E-state index is 7.59. The first-order valence-corrected chi connectivity index (χ1v) is 7.93. The Kier molecular flexibility index (Phi) is 23.8. The largest absolute Gasteiger partial charge is 0.341 e. The van der Waals surface area contributed by atoms with Crippen molar-refractivity contribution in [2.45, 2.75) is 42.8 Å². The molecule has 149 valence electrons. The molecule has 13 heteroatoms. The summed E-state index contributed by atoms with van der Waals surface area (Å²) >= 11 is 0. The van der Waals surface area contributed by atoms with Gasteiger partial charge in [0.1, 0.15) is 0 Å². The van der Waals surface area contributed by atoms with Gasteiger partial charge in [0.25, 0.3) is 17.1 Å². The van der Waals surface area contributed by atoms with Crippen molar-refractivity contribution in [2.24, 2.45) is 0 Å². The van der Waals surface area contributed by atoms with Crippen molar-refractivity contribution in [1.29, 1.82) is 0 Å². The fourth-order valence-corrected chi connectivity index (χ4v) is 0.874. The third kappa shape index (κ3) is 137. The third-order valence-electron chi connectivity index (χ3n) is 1.37. The average Bonchev–Trinajstić information content (AvgIpc) is 2.05. The molecule has 1 rings (SSSR count). The summed E-state index contributed by atoms with van der Waals surface area (Å²) < 4.78 is 0. The van der Waals surface area contributed by atoms with E-state index in [4.69, 9.17) is 46.0 Å². The minimum Gasteiger partial charge on any atom is -0.341 e. The van der Waals surface area contributed by atoms with Crippen LogP contribution in [0.25, 0.3) is 0 Å². The van der Waals surface area contributed by atoms with Crippen molar-refractivity contribution in [1.82, 2.24) is 0 Å². The van der Waals surface area contributed by atoms with Gasteiger partial charge < -0.3 is 46.0 Å². The number of hydrogen-bond donors (Lipinski definition) is 9. The molecule has 0 spiro atoms. The summed E-state index contributed by atoms with van der Waals surface area (Å²) in [6.07, 6.45) is 14.0. The van der Waals surface area contributed by atoms with Gasteiger partial charge in [0.15, 0.2) is 0 Å². The third-order valence-corrected chi connectivity index (χ3v) is 1.37. The zero-order valence-electron chi connectivity index (χ0n) is 12.7. The van der Waals surface area contributed by atoms with Gasteiger partial charge in [-0.2, -0.15) is 0 Å². The van der Waals surface area contributed by atoms with E-state index in [1.807, 2.05) is 0 Å². The average molecular weight is 588 g/mol. The van der Waals surface area contributed by atoms with Crippen LogP contribution in [0.1, 0.15) is 25.7 Å². The minimum atomic E-state index is -2.58. The summed E-state index contributed by atoms with van der Waals surface area (Å²) in [6, 6.07) is 0. The molecular weight excluding hydrogens is 561 g/mol. The molecule has 9 nitrogen and oxygen atoms in total. The second-order valence-electron chi connectivity index (χ2n) is 4.20. The molecule has 9 N–H and O–H groups in total. The molecule has 0 saturated heterocycles. The minimum absolute atomic E-state index is 0. The standard InChI is InChI=1S/C8H12.3CH5O3P.Ir/c1-2-4-6-8-7-5-3-1;3*2-1(3,4)5;/h1-4H,5-8H2;3*2-4H,5H2;. The van der Waals surface area contributed by atoms with Gasteiger partial charge in [-0.1, -0.05) is 24.3 Å². The summed E-state index contributed by atoms with van der Waals surface area (Å²) in [5.74, 6) is 0. The molecule has 0 fully saturated rings. The van der Waals surface area contributed by atoms with Gasteiger partial charge in [-0.3, -0.25) is 0 Å². The van der Waals surface area contributed by atoms with Gasteiger partial charge >= 0.3 is 0 Å². The van der Waals surface area contributed by atoms with E-state index in [1.165, 1.54) is 53.4 Å². The number of aliphatic hydroxyl groups is 9. The van der Waals surface area contributed by atoms with E-state index < -0.39 is 17.1 Å². The van der Waals surface area contributed by atoms with E-state index in [0.717, 1.165) is 0 Å². The van der Waals surface area contributed by atoms with Crippen molar-refractivity contribution in [3.63, 3.8) is 0 Å². The Bertz CT molecular complexity index is 262. The van der Waals surface area contributed by atoms with Crippen LogP contribution in [-0.2, 0) is 20.1 Å². The van der Waals surface area contributed by atoms with Crippen LogP contribution < -0.4 is 0 Å². The van der Waals surface area contributed by atoms with E-state index >= 15 is 0 Å². The van der Waals surface area contributed by atoms with Crippen LogP contribution in [0.3, 0.4) is 0 Å². The molecule has 0 amide bonds. The summed E-state index contributed by atoms with van der Waals surface area (Å²) in [4.78, 5) is 0. The summed E-state index contributed by atoms with van der Waals surface area (Å²) in [5.41, 5.74) is -7.75. The second-order valence-corrected chi connectivity index (χ2v) is 6.53. The van der Waals surface area contributed by atoms with Gasteiger partial charge in [-0.25, -0.2) is 0 Å². The second kappa shape index (κ2) is 17.5. The van der Waals surface area contributed by atoms with Crippen molar-refractivity contribution in [3.05, 3.63) is 24.3 Å². The molecule has 0 bridgehead atoms. The molecule has 3 atom stereocenters. The molecular formula is C11H27IrO9P3. The summed E-state index contributed by atoms with van der Waals surface area (Å²) in [6.45, 7) is 0. The van der Waals surface area contributed by atoms with E-state index in [1.54, 1.807) is 0 Å². The van der Waals surface area contributed by atoms with E-state index in [9.17, 15) is 0 Å². The summed E-state index contributed by atoms with van der Waals surface area (Å²) in [5, 5.41) is 68.4. The molecule has 1 aliphatic carbocycles. The van der Waals surface area contributed by atoms with Gasteiger partial charge in [-0.15, -0.1) is 0 Å². The Morgan fingerprint density at radius 3 is 0.875 bits per heavy atom. The zero-order chi connectivity index (χ0) is 19.2. The van der Waals surface area contributed by atoms with Crippen molar-refractivity contribution < 1.29 is 66.1 Å². The maximum atomic E-state index is 7.59. The van der Waals surface area contributed by atoms with Gasteiger partial charge in [0.05, 0.1) is 0 Å². The summed E-state index contributed by atoms with van der Waals surface area (Å²) in [7, 11) is 4.15. The predicted octanol–water partition coefficient (Wildman–Crippen LogP) is -1.98. The van der Waals surface area contributed by atoms with Gasteiger partial charge in [0.2, 0.25) is 0 Å². The molecule has 24 heavy (non-hydrogen) atoms. The van der Waals surface area contributed by atoms with Crippen LogP contribution in [0.15, 0.2) is 24.3 Å². The molecule has 0 saturated carbocycles. The van der Waals surface area contributed by atoms with Crippen molar-refractivity contribution in [2.75, 3.05) is 0 Å². The molecule has 0 aromatic rings. The fraction of sp³-hybridized carbons (Fsp3) is 0.636. The van der Waals surface area contributed by atoms with Gasteiger partial charge in [0, 0.05) is 20.1 Å². The monoisotopic (exact) mass is 589 g/mol. The topological polar surface area (TPSA) is 182 Å². The number of allylic oxidation sites excluding steroid dienone is 4. The van der Waals surface area contributed by atoms with Crippen LogP contribution >= 0.6 is 27.7 Å². The van der Waals surface area contributed by atoms with E-state index in [0.29, 0.717) is 0 Å². The van der Waals surface area contributed by atoms with E-state index in [2.05, 4.69) is 24.3 Å². The molecule has 1 radical (unpaired) electrons. The Hall–Kier alpha value is 1.06. The van der Waals surface area contributed by atoms with Crippen LogP contribution in [0.4, 0.5) is 0 Å². The first-order chi connectivity index (χ1) is 10.0. The molecule has 0 heterocycles. The van der Waals surface area contributed by atoms with Crippen LogP contribution in [0.2, 0.25) is 0 Å².